The van der Waals surface area contributed by atoms with Crippen LogP contribution in [-0.2, 0) is 10.0 Å². The number of hydrogen-bond acceptors (Lipinski definition) is 4. The fourth-order valence-electron chi connectivity index (χ4n) is 2.62. The van der Waals surface area contributed by atoms with Gasteiger partial charge < -0.3 is 5.73 Å². The highest BCUT2D eigenvalue weighted by Gasteiger charge is 2.29. The molecule has 112 valence electrons. The Kier molecular flexibility index (Phi) is 5.15. The summed E-state index contributed by atoms with van der Waals surface area (Å²) in [7, 11) is -3.35. The molecule has 0 bridgehead atoms. The number of rotatable bonds is 5. The molecular formula is C14H23N3O2S. The minimum atomic E-state index is -3.35. The second kappa shape index (κ2) is 6.67. The van der Waals surface area contributed by atoms with E-state index in [4.69, 9.17) is 5.73 Å². The first kappa shape index (κ1) is 15.4. The Hall–Kier alpha value is -0.950. The number of piperazine rings is 1. The van der Waals surface area contributed by atoms with E-state index in [0.717, 1.165) is 19.5 Å². The second-order valence-corrected chi connectivity index (χ2v) is 6.99. The maximum atomic E-state index is 12.5. The van der Waals surface area contributed by atoms with Gasteiger partial charge >= 0.3 is 0 Å². The van der Waals surface area contributed by atoms with E-state index in [1.165, 1.54) is 0 Å². The van der Waals surface area contributed by atoms with Gasteiger partial charge in [0.15, 0.2) is 0 Å². The quantitative estimate of drug-likeness (QED) is 0.870. The molecule has 1 fully saturated rings. The molecule has 5 nitrogen and oxygen atoms in total. The number of benzene rings is 1. The predicted octanol–water partition coefficient (Wildman–Crippen LogP) is 0.730. The minimum Gasteiger partial charge on any atom is -0.329 e. The van der Waals surface area contributed by atoms with Crippen molar-refractivity contribution < 1.29 is 8.42 Å². The molecule has 6 heteroatoms. The molecule has 0 amide bonds. The molecule has 1 atom stereocenters. The van der Waals surface area contributed by atoms with Crippen molar-refractivity contribution in [1.82, 2.24) is 9.21 Å². The molecule has 20 heavy (non-hydrogen) atoms. The van der Waals surface area contributed by atoms with E-state index in [1.54, 1.807) is 28.6 Å². The molecule has 1 aromatic carbocycles. The number of nitrogens with two attached hydrogens (primary N) is 1. The van der Waals surface area contributed by atoms with Gasteiger partial charge in [-0.2, -0.15) is 4.31 Å². The average molecular weight is 297 g/mol. The van der Waals surface area contributed by atoms with Gasteiger partial charge in [0.05, 0.1) is 4.90 Å². The zero-order valence-electron chi connectivity index (χ0n) is 11.9. The van der Waals surface area contributed by atoms with Crippen LogP contribution in [-0.4, -0.2) is 56.4 Å². The highest BCUT2D eigenvalue weighted by molar-refractivity contribution is 7.89. The third-order valence-electron chi connectivity index (χ3n) is 3.91. The monoisotopic (exact) mass is 297 g/mol. The zero-order chi connectivity index (χ0) is 14.6. The maximum Gasteiger partial charge on any atom is 0.243 e. The van der Waals surface area contributed by atoms with E-state index in [9.17, 15) is 8.42 Å². The van der Waals surface area contributed by atoms with Crippen molar-refractivity contribution in [2.75, 3.05) is 32.7 Å². The van der Waals surface area contributed by atoms with Crippen molar-refractivity contribution in [3.63, 3.8) is 0 Å². The fourth-order valence-corrected chi connectivity index (χ4v) is 4.07. The molecular weight excluding hydrogens is 274 g/mol. The third kappa shape index (κ3) is 3.20. The van der Waals surface area contributed by atoms with Gasteiger partial charge in [0, 0.05) is 38.8 Å². The van der Waals surface area contributed by atoms with E-state index >= 15 is 0 Å². The van der Waals surface area contributed by atoms with Gasteiger partial charge in [-0.1, -0.05) is 25.1 Å². The smallest absolute Gasteiger partial charge is 0.243 e. The lowest BCUT2D eigenvalue weighted by Gasteiger charge is -2.38. The first-order chi connectivity index (χ1) is 9.59. The van der Waals surface area contributed by atoms with Crippen LogP contribution in [0.2, 0.25) is 0 Å². The Bertz CT molecular complexity index is 506. The van der Waals surface area contributed by atoms with E-state index < -0.39 is 10.0 Å². The molecule has 1 saturated heterocycles. The molecule has 1 heterocycles. The second-order valence-electron chi connectivity index (χ2n) is 5.05. The SMILES string of the molecule is CCC(CN)N1CCN(S(=O)(=O)c2ccccc2)CC1. The van der Waals surface area contributed by atoms with Crippen molar-refractivity contribution in [2.24, 2.45) is 5.73 Å². The molecule has 2 rings (SSSR count). The summed E-state index contributed by atoms with van der Waals surface area (Å²) in [5.41, 5.74) is 5.75. The van der Waals surface area contributed by atoms with Gasteiger partial charge in [-0.25, -0.2) is 8.42 Å². The van der Waals surface area contributed by atoms with Crippen LogP contribution in [0.3, 0.4) is 0 Å². The van der Waals surface area contributed by atoms with Gasteiger partial charge in [-0.15, -0.1) is 0 Å². The van der Waals surface area contributed by atoms with Crippen LogP contribution < -0.4 is 5.73 Å². The zero-order valence-corrected chi connectivity index (χ0v) is 12.7. The summed E-state index contributed by atoms with van der Waals surface area (Å²) in [5, 5.41) is 0. The molecule has 0 saturated carbocycles. The number of hydrogen-bond donors (Lipinski definition) is 1. The van der Waals surface area contributed by atoms with Crippen molar-refractivity contribution in [2.45, 2.75) is 24.3 Å². The molecule has 0 aliphatic carbocycles. The van der Waals surface area contributed by atoms with Crippen LogP contribution >= 0.6 is 0 Å². The van der Waals surface area contributed by atoms with Crippen molar-refractivity contribution in [1.29, 1.82) is 0 Å². The van der Waals surface area contributed by atoms with Crippen LogP contribution in [0, 0.1) is 0 Å². The molecule has 1 aromatic rings. The van der Waals surface area contributed by atoms with Crippen molar-refractivity contribution in [3.8, 4) is 0 Å². The summed E-state index contributed by atoms with van der Waals surface area (Å²) >= 11 is 0. The van der Waals surface area contributed by atoms with E-state index in [-0.39, 0.29) is 0 Å². The Morgan fingerprint density at radius 3 is 2.25 bits per heavy atom. The Morgan fingerprint density at radius 2 is 1.75 bits per heavy atom. The molecule has 0 spiro atoms. The Morgan fingerprint density at radius 1 is 1.15 bits per heavy atom. The summed E-state index contributed by atoms with van der Waals surface area (Å²) in [5.74, 6) is 0. The average Bonchev–Trinajstić information content (AvgIpc) is 2.50. The van der Waals surface area contributed by atoms with Crippen molar-refractivity contribution >= 4 is 10.0 Å². The normalized spacial score (nSPS) is 19.9. The highest BCUT2D eigenvalue weighted by atomic mass is 32.2. The number of sulfonamides is 1. The standard InChI is InChI=1S/C14H23N3O2S/c1-2-13(12-15)16-8-10-17(11-9-16)20(18,19)14-6-4-3-5-7-14/h3-7,13H,2,8-12,15H2,1H3. The number of nitrogens with zero attached hydrogens (tertiary/aromatic N) is 2. The summed E-state index contributed by atoms with van der Waals surface area (Å²) in [4.78, 5) is 2.66. The first-order valence-electron chi connectivity index (χ1n) is 7.09. The van der Waals surface area contributed by atoms with E-state index in [0.29, 0.717) is 30.6 Å². The summed E-state index contributed by atoms with van der Waals surface area (Å²) in [6.45, 7) is 5.32. The first-order valence-corrected chi connectivity index (χ1v) is 8.53. The molecule has 2 N–H and O–H groups in total. The van der Waals surface area contributed by atoms with E-state index in [2.05, 4.69) is 11.8 Å². The topological polar surface area (TPSA) is 66.6 Å². The van der Waals surface area contributed by atoms with Gasteiger partial charge in [0.1, 0.15) is 0 Å². The van der Waals surface area contributed by atoms with Crippen LogP contribution in [0.1, 0.15) is 13.3 Å². The third-order valence-corrected chi connectivity index (χ3v) is 5.83. The van der Waals surface area contributed by atoms with Gasteiger partial charge in [-0.05, 0) is 18.6 Å². The molecule has 0 aromatic heterocycles. The fraction of sp³-hybridized carbons (Fsp3) is 0.571. The molecule has 1 unspecified atom stereocenters. The van der Waals surface area contributed by atoms with Crippen LogP contribution in [0.25, 0.3) is 0 Å². The van der Waals surface area contributed by atoms with E-state index in [1.807, 2.05) is 6.07 Å². The predicted molar refractivity (Wildman–Crippen MR) is 79.9 cm³/mol. The van der Waals surface area contributed by atoms with Crippen LogP contribution in [0.4, 0.5) is 0 Å². The lowest BCUT2D eigenvalue weighted by molar-refractivity contribution is 0.137. The van der Waals surface area contributed by atoms with Gasteiger partial charge in [0.2, 0.25) is 10.0 Å². The van der Waals surface area contributed by atoms with Gasteiger partial charge in [0.25, 0.3) is 0 Å². The summed E-state index contributed by atoms with van der Waals surface area (Å²) < 4.78 is 26.5. The summed E-state index contributed by atoms with van der Waals surface area (Å²) in [6, 6.07) is 8.99. The molecule has 1 aliphatic rings. The van der Waals surface area contributed by atoms with Crippen LogP contribution in [0.5, 0.6) is 0 Å². The maximum absolute atomic E-state index is 12.5. The highest BCUT2D eigenvalue weighted by Crippen LogP contribution is 2.18. The lowest BCUT2D eigenvalue weighted by Crippen LogP contribution is -2.53. The molecule has 1 aliphatic heterocycles. The minimum absolute atomic E-state index is 0.358. The van der Waals surface area contributed by atoms with Crippen LogP contribution in [0.15, 0.2) is 35.2 Å². The van der Waals surface area contributed by atoms with Gasteiger partial charge in [-0.3, -0.25) is 4.90 Å². The van der Waals surface area contributed by atoms with Crippen molar-refractivity contribution in [3.05, 3.63) is 30.3 Å². The Labute approximate surface area is 121 Å². The lowest BCUT2D eigenvalue weighted by atomic mass is 10.1. The largest absolute Gasteiger partial charge is 0.329 e. The summed E-state index contributed by atoms with van der Waals surface area (Å²) in [6.07, 6.45) is 1.00. The molecule has 0 radical (unpaired) electrons. The Balaban J connectivity index is 2.04.